The van der Waals surface area contributed by atoms with E-state index in [0.717, 1.165) is 0 Å². The molecular weight excluding hydrogens is 444 g/mol. The molecule has 1 aromatic carbocycles. The van der Waals surface area contributed by atoms with Crippen molar-refractivity contribution in [1.29, 1.82) is 0 Å². The van der Waals surface area contributed by atoms with Crippen LogP contribution in [-0.4, -0.2) is 68.5 Å². The first kappa shape index (κ1) is 26.3. The quantitative estimate of drug-likeness (QED) is 0.204. The van der Waals surface area contributed by atoms with Gasteiger partial charge in [0.2, 0.25) is 17.7 Å². The summed E-state index contributed by atoms with van der Waals surface area (Å²) in [5.41, 5.74) is 6.45. The van der Waals surface area contributed by atoms with E-state index in [1.165, 1.54) is 24.7 Å². The van der Waals surface area contributed by atoms with Crippen LogP contribution >= 0.6 is 0 Å². The van der Waals surface area contributed by atoms with Crippen LogP contribution in [0.25, 0.3) is 0 Å². The predicted octanol–water partition coefficient (Wildman–Crippen LogP) is -0.946. The number of carbonyl (C=O) groups excluding carboxylic acids is 3. The minimum Gasteiger partial charge on any atom is -0.508 e. The number of amides is 3. The van der Waals surface area contributed by atoms with Gasteiger partial charge in [-0.1, -0.05) is 26.0 Å². The minimum absolute atomic E-state index is 0.0127. The SMILES string of the molecule is CC(C)C(NC(=O)CN)C(=O)NC(Cc1cnc[nH]1)C(=O)NC(Cc1ccc(O)cc1)C(=O)O. The first-order valence-electron chi connectivity index (χ1n) is 10.7. The Balaban J connectivity index is 2.19. The maximum absolute atomic E-state index is 13.1. The number of aromatic nitrogens is 2. The highest BCUT2D eigenvalue weighted by molar-refractivity contribution is 5.93. The van der Waals surface area contributed by atoms with E-state index in [9.17, 15) is 29.4 Å². The van der Waals surface area contributed by atoms with E-state index in [2.05, 4.69) is 25.9 Å². The summed E-state index contributed by atoms with van der Waals surface area (Å²) in [4.78, 5) is 56.2. The summed E-state index contributed by atoms with van der Waals surface area (Å²) in [5.74, 6) is -3.38. The third-order valence-corrected chi connectivity index (χ3v) is 5.05. The van der Waals surface area contributed by atoms with E-state index < -0.39 is 41.8 Å². The number of imidazole rings is 1. The van der Waals surface area contributed by atoms with Crippen molar-refractivity contribution >= 4 is 23.7 Å². The molecule has 0 saturated carbocycles. The van der Waals surface area contributed by atoms with Crippen LogP contribution < -0.4 is 21.7 Å². The second-order valence-electron chi connectivity index (χ2n) is 8.11. The molecule has 34 heavy (non-hydrogen) atoms. The lowest BCUT2D eigenvalue weighted by atomic mass is 10.0. The van der Waals surface area contributed by atoms with E-state index in [4.69, 9.17) is 5.73 Å². The lowest BCUT2D eigenvalue weighted by Crippen LogP contribution is -2.58. The van der Waals surface area contributed by atoms with E-state index >= 15 is 0 Å². The van der Waals surface area contributed by atoms with Gasteiger partial charge in [-0.3, -0.25) is 14.4 Å². The molecule has 3 amide bonds. The number of carboxylic acids is 1. The van der Waals surface area contributed by atoms with Gasteiger partial charge in [-0.25, -0.2) is 9.78 Å². The molecule has 1 heterocycles. The Kier molecular flexibility index (Phi) is 9.56. The molecule has 0 bridgehead atoms. The Morgan fingerprint density at radius 3 is 2.18 bits per heavy atom. The average molecular weight is 475 g/mol. The van der Waals surface area contributed by atoms with Gasteiger partial charge < -0.3 is 36.9 Å². The molecule has 8 N–H and O–H groups in total. The number of carboxylic acid groups (broad SMARTS) is 1. The van der Waals surface area contributed by atoms with Gasteiger partial charge in [0.15, 0.2) is 0 Å². The summed E-state index contributed by atoms with van der Waals surface area (Å²) in [6, 6.07) is 2.56. The van der Waals surface area contributed by atoms with Crippen molar-refractivity contribution in [2.75, 3.05) is 6.54 Å². The molecule has 184 valence electrons. The van der Waals surface area contributed by atoms with Crippen molar-refractivity contribution in [3.05, 3.63) is 48.0 Å². The summed E-state index contributed by atoms with van der Waals surface area (Å²) in [5, 5.41) is 26.6. The van der Waals surface area contributed by atoms with Crippen LogP contribution in [0.15, 0.2) is 36.8 Å². The van der Waals surface area contributed by atoms with Crippen molar-refractivity contribution in [3.63, 3.8) is 0 Å². The molecule has 1 aromatic heterocycles. The molecule has 2 aromatic rings. The van der Waals surface area contributed by atoms with E-state index in [1.807, 2.05) is 0 Å². The van der Waals surface area contributed by atoms with Gasteiger partial charge in [0.05, 0.1) is 12.9 Å². The molecule has 0 saturated heterocycles. The first-order valence-corrected chi connectivity index (χ1v) is 10.7. The molecule has 2 rings (SSSR count). The molecular formula is C22H30N6O6. The lowest BCUT2D eigenvalue weighted by Gasteiger charge is -2.26. The van der Waals surface area contributed by atoms with Gasteiger partial charge in [-0.2, -0.15) is 0 Å². The number of benzene rings is 1. The number of hydrogen-bond acceptors (Lipinski definition) is 7. The summed E-state index contributed by atoms with van der Waals surface area (Å²) in [7, 11) is 0. The Hall–Kier alpha value is -3.93. The van der Waals surface area contributed by atoms with Crippen molar-refractivity contribution in [2.45, 2.75) is 44.8 Å². The van der Waals surface area contributed by atoms with Crippen LogP contribution in [0.4, 0.5) is 0 Å². The summed E-state index contributed by atoms with van der Waals surface area (Å²) >= 11 is 0. The molecule has 0 aliphatic carbocycles. The van der Waals surface area contributed by atoms with E-state index in [1.54, 1.807) is 26.0 Å². The Morgan fingerprint density at radius 1 is 1.00 bits per heavy atom. The number of nitrogens with zero attached hydrogens (tertiary/aromatic N) is 1. The minimum atomic E-state index is -1.28. The highest BCUT2D eigenvalue weighted by atomic mass is 16.4. The van der Waals surface area contributed by atoms with Crippen LogP contribution in [-0.2, 0) is 32.0 Å². The van der Waals surface area contributed by atoms with Crippen molar-refractivity contribution in [3.8, 4) is 5.75 Å². The predicted molar refractivity (Wildman–Crippen MR) is 121 cm³/mol. The monoisotopic (exact) mass is 474 g/mol. The van der Waals surface area contributed by atoms with E-state index in [0.29, 0.717) is 11.3 Å². The largest absolute Gasteiger partial charge is 0.508 e. The van der Waals surface area contributed by atoms with Crippen molar-refractivity contribution in [2.24, 2.45) is 11.7 Å². The van der Waals surface area contributed by atoms with Gasteiger partial charge in [-0.15, -0.1) is 0 Å². The molecule has 12 heteroatoms. The van der Waals surface area contributed by atoms with Gasteiger partial charge in [0.25, 0.3) is 0 Å². The molecule has 0 aliphatic heterocycles. The maximum atomic E-state index is 13.1. The van der Waals surface area contributed by atoms with Crippen LogP contribution in [0.2, 0.25) is 0 Å². The average Bonchev–Trinajstić information content (AvgIpc) is 3.30. The molecule has 0 radical (unpaired) electrons. The van der Waals surface area contributed by atoms with E-state index in [-0.39, 0.29) is 31.1 Å². The van der Waals surface area contributed by atoms with Crippen LogP contribution in [0, 0.1) is 5.92 Å². The number of hydrogen-bond donors (Lipinski definition) is 7. The highest BCUT2D eigenvalue weighted by Crippen LogP contribution is 2.12. The fraction of sp³-hybridized carbons (Fsp3) is 0.409. The van der Waals surface area contributed by atoms with Crippen LogP contribution in [0.3, 0.4) is 0 Å². The number of aliphatic carboxylic acids is 1. The van der Waals surface area contributed by atoms with Crippen molar-refractivity contribution in [1.82, 2.24) is 25.9 Å². The third kappa shape index (κ3) is 7.89. The molecule has 12 nitrogen and oxygen atoms in total. The highest BCUT2D eigenvalue weighted by Gasteiger charge is 2.31. The van der Waals surface area contributed by atoms with Crippen molar-refractivity contribution < 1.29 is 29.4 Å². The number of nitrogens with two attached hydrogens (primary N) is 1. The molecule has 3 unspecified atom stereocenters. The second kappa shape index (κ2) is 12.3. The maximum Gasteiger partial charge on any atom is 0.326 e. The zero-order valence-corrected chi connectivity index (χ0v) is 18.9. The molecule has 0 aliphatic rings. The second-order valence-corrected chi connectivity index (χ2v) is 8.11. The number of aromatic hydroxyl groups is 1. The van der Waals surface area contributed by atoms with Crippen LogP contribution in [0.1, 0.15) is 25.1 Å². The normalized spacial score (nSPS) is 13.5. The first-order chi connectivity index (χ1) is 16.1. The number of H-pyrrole nitrogens is 1. The number of phenolic OH excluding ortho intramolecular Hbond substituents is 1. The zero-order chi connectivity index (χ0) is 25.3. The Morgan fingerprint density at radius 2 is 1.65 bits per heavy atom. The number of carbonyl (C=O) groups is 4. The summed E-state index contributed by atoms with van der Waals surface area (Å²) in [6.45, 7) is 3.15. The third-order valence-electron chi connectivity index (χ3n) is 5.05. The smallest absolute Gasteiger partial charge is 0.326 e. The Bertz CT molecular complexity index is 976. The standard InChI is InChI=1S/C22H30N6O6/c1-12(2)19(28-18(30)9-23)21(32)26-16(8-14-10-24-11-25-14)20(31)27-17(22(33)34)7-13-3-5-15(29)6-4-13/h3-6,10-12,16-17,19,29H,7-9,23H2,1-2H3,(H,24,25)(H,26,32)(H,27,31)(H,28,30)(H,33,34). The number of rotatable bonds is 12. The summed E-state index contributed by atoms with van der Waals surface area (Å²) in [6.07, 6.45) is 2.87. The molecule has 3 atom stereocenters. The number of aromatic amines is 1. The number of phenols is 1. The summed E-state index contributed by atoms with van der Waals surface area (Å²) < 4.78 is 0. The van der Waals surface area contributed by atoms with Gasteiger partial charge in [0, 0.05) is 24.7 Å². The Labute approximate surface area is 196 Å². The fourth-order valence-electron chi connectivity index (χ4n) is 3.19. The topological polar surface area (TPSA) is 200 Å². The molecule has 0 spiro atoms. The zero-order valence-electron chi connectivity index (χ0n) is 18.9. The van der Waals surface area contributed by atoms with Gasteiger partial charge in [-0.05, 0) is 23.6 Å². The van der Waals surface area contributed by atoms with Gasteiger partial charge >= 0.3 is 5.97 Å². The van der Waals surface area contributed by atoms with Crippen LogP contribution in [0.5, 0.6) is 5.75 Å². The fourth-order valence-corrected chi connectivity index (χ4v) is 3.19. The van der Waals surface area contributed by atoms with Gasteiger partial charge in [0.1, 0.15) is 23.9 Å². The molecule has 0 fully saturated rings. The lowest BCUT2D eigenvalue weighted by molar-refractivity contribution is -0.142. The number of nitrogens with one attached hydrogen (secondary N) is 4.